The van der Waals surface area contributed by atoms with Crippen molar-refractivity contribution in [3.05, 3.63) is 5.69 Å². The highest BCUT2D eigenvalue weighted by molar-refractivity contribution is 5.51. The Bertz CT molecular complexity index is 219. The summed E-state index contributed by atoms with van der Waals surface area (Å²) in [6.45, 7) is 4.34. The molecule has 1 heterocycles. The Morgan fingerprint density at radius 2 is 2.40 bits per heavy atom. The first kappa shape index (κ1) is 6.92. The molecule has 1 rings (SSSR count). The molecule has 0 aliphatic rings. The Morgan fingerprint density at radius 3 is 2.80 bits per heavy atom. The maximum atomic E-state index is 5.57. The molecule has 0 saturated carbocycles. The van der Waals surface area contributed by atoms with Gasteiger partial charge in [0.1, 0.15) is 5.69 Å². The van der Waals surface area contributed by atoms with Gasteiger partial charge in [0.2, 0.25) is 0 Å². The van der Waals surface area contributed by atoms with Crippen molar-refractivity contribution < 1.29 is 4.74 Å². The van der Waals surface area contributed by atoms with E-state index < -0.39 is 0 Å². The van der Waals surface area contributed by atoms with E-state index in [1.165, 1.54) is 0 Å². The minimum Gasteiger partial charge on any atom is -0.475 e. The van der Waals surface area contributed by atoms with Crippen molar-refractivity contribution in [3.8, 4) is 5.88 Å². The lowest BCUT2D eigenvalue weighted by Crippen LogP contribution is -1.95. The topological polar surface area (TPSA) is 63.9 Å². The Labute approximate surface area is 59.4 Å². The number of hydrogen-bond donors (Lipinski definition) is 2. The van der Waals surface area contributed by atoms with E-state index >= 15 is 0 Å². The fourth-order valence-electron chi connectivity index (χ4n) is 0.662. The van der Waals surface area contributed by atoms with Crippen LogP contribution in [0.2, 0.25) is 0 Å². The lowest BCUT2D eigenvalue weighted by atomic mass is 10.4. The highest BCUT2D eigenvalue weighted by Gasteiger charge is 2.04. The molecule has 4 nitrogen and oxygen atoms in total. The Balaban J connectivity index is 2.83. The predicted molar refractivity (Wildman–Crippen MR) is 38.9 cm³/mol. The number of nitrogens with one attached hydrogen (secondary N) is 1. The van der Waals surface area contributed by atoms with Gasteiger partial charge in [0.25, 0.3) is 5.88 Å². The van der Waals surface area contributed by atoms with Crippen molar-refractivity contribution in [1.29, 1.82) is 0 Å². The highest BCUT2D eigenvalue weighted by Crippen LogP contribution is 2.19. The summed E-state index contributed by atoms with van der Waals surface area (Å²) in [7, 11) is 0. The molecule has 0 aliphatic carbocycles. The standard InChI is InChI=1S/C6H11N3O/c1-3-10-6-5(7)4(2)8-9-6/h3,7H2,1-2H3,(H,8,9). The third kappa shape index (κ3) is 1.05. The zero-order chi connectivity index (χ0) is 7.56. The smallest absolute Gasteiger partial charge is 0.256 e. The van der Waals surface area contributed by atoms with Crippen LogP contribution in [0, 0.1) is 6.92 Å². The number of nitrogen functional groups attached to an aromatic ring is 1. The lowest BCUT2D eigenvalue weighted by Gasteiger charge is -1.96. The number of aryl methyl sites for hydroxylation is 1. The maximum Gasteiger partial charge on any atom is 0.256 e. The van der Waals surface area contributed by atoms with Crippen molar-refractivity contribution in [2.45, 2.75) is 13.8 Å². The number of aromatic amines is 1. The molecule has 0 fully saturated rings. The number of ether oxygens (including phenoxy) is 1. The molecule has 0 atom stereocenters. The first-order valence-corrected chi connectivity index (χ1v) is 3.19. The summed E-state index contributed by atoms with van der Waals surface area (Å²) in [6, 6.07) is 0. The van der Waals surface area contributed by atoms with Crippen LogP contribution in [0.5, 0.6) is 5.88 Å². The third-order valence-electron chi connectivity index (χ3n) is 1.24. The molecule has 10 heavy (non-hydrogen) atoms. The van der Waals surface area contributed by atoms with Gasteiger partial charge < -0.3 is 10.5 Å². The molecule has 0 radical (unpaired) electrons. The Hall–Kier alpha value is -1.19. The van der Waals surface area contributed by atoms with Gasteiger partial charge in [-0.15, -0.1) is 5.10 Å². The predicted octanol–water partition coefficient (Wildman–Crippen LogP) is 0.699. The van der Waals surface area contributed by atoms with Crippen LogP contribution < -0.4 is 10.5 Å². The summed E-state index contributed by atoms with van der Waals surface area (Å²) < 4.78 is 5.09. The van der Waals surface area contributed by atoms with Crippen molar-refractivity contribution in [1.82, 2.24) is 10.2 Å². The van der Waals surface area contributed by atoms with Gasteiger partial charge in [-0.3, -0.25) is 5.10 Å². The van der Waals surface area contributed by atoms with Crippen molar-refractivity contribution >= 4 is 5.69 Å². The minimum absolute atomic E-state index is 0.500. The quantitative estimate of drug-likeness (QED) is 0.637. The molecular weight excluding hydrogens is 130 g/mol. The summed E-state index contributed by atoms with van der Waals surface area (Å²) in [5.74, 6) is 0.500. The Morgan fingerprint density at radius 1 is 1.70 bits per heavy atom. The van der Waals surface area contributed by atoms with Crippen LogP contribution in [-0.4, -0.2) is 16.8 Å². The number of nitrogens with two attached hydrogens (primary N) is 1. The van der Waals surface area contributed by atoms with E-state index in [4.69, 9.17) is 10.5 Å². The molecule has 0 aliphatic heterocycles. The summed E-state index contributed by atoms with van der Waals surface area (Å²) in [5, 5.41) is 6.55. The highest BCUT2D eigenvalue weighted by atomic mass is 16.5. The number of hydrogen-bond acceptors (Lipinski definition) is 3. The van der Waals surface area contributed by atoms with E-state index in [-0.39, 0.29) is 0 Å². The van der Waals surface area contributed by atoms with E-state index in [1.807, 2.05) is 13.8 Å². The molecule has 4 heteroatoms. The van der Waals surface area contributed by atoms with Crippen molar-refractivity contribution in [2.24, 2.45) is 0 Å². The summed E-state index contributed by atoms with van der Waals surface area (Å²) in [6.07, 6.45) is 0. The zero-order valence-electron chi connectivity index (χ0n) is 6.14. The van der Waals surface area contributed by atoms with Gasteiger partial charge in [-0.05, 0) is 13.8 Å². The molecule has 0 unspecified atom stereocenters. The first-order valence-electron chi connectivity index (χ1n) is 3.19. The molecule has 1 aromatic heterocycles. The van der Waals surface area contributed by atoms with E-state index in [1.54, 1.807) is 0 Å². The molecule has 1 aromatic rings. The number of H-pyrrole nitrogens is 1. The van der Waals surface area contributed by atoms with E-state index in [2.05, 4.69) is 10.2 Å². The molecule has 0 aromatic carbocycles. The lowest BCUT2D eigenvalue weighted by molar-refractivity contribution is 0.328. The average Bonchev–Trinajstić information content (AvgIpc) is 2.20. The van der Waals surface area contributed by atoms with Crippen LogP contribution in [0.1, 0.15) is 12.6 Å². The first-order chi connectivity index (χ1) is 4.75. The number of nitrogens with zero attached hydrogens (tertiary/aromatic N) is 1. The number of anilines is 1. The second-order valence-corrected chi connectivity index (χ2v) is 2.00. The van der Waals surface area contributed by atoms with Crippen LogP contribution in [0.15, 0.2) is 0 Å². The van der Waals surface area contributed by atoms with Crippen LogP contribution in [-0.2, 0) is 0 Å². The van der Waals surface area contributed by atoms with Gasteiger partial charge in [0, 0.05) is 0 Å². The van der Waals surface area contributed by atoms with E-state index in [0.29, 0.717) is 18.2 Å². The fraction of sp³-hybridized carbons (Fsp3) is 0.500. The normalized spacial score (nSPS) is 9.80. The van der Waals surface area contributed by atoms with Gasteiger partial charge in [0.05, 0.1) is 12.3 Å². The molecule has 0 saturated heterocycles. The largest absolute Gasteiger partial charge is 0.475 e. The molecule has 0 bridgehead atoms. The summed E-state index contributed by atoms with van der Waals surface area (Å²) >= 11 is 0. The molecule has 0 amide bonds. The minimum atomic E-state index is 0.500. The van der Waals surface area contributed by atoms with Crippen molar-refractivity contribution in [2.75, 3.05) is 12.3 Å². The van der Waals surface area contributed by atoms with Gasteiger partial charge >= 0.3 is 0 Å². The number of aromatic nitrogens is 2. The van der Waals surface area contributed by atoms with Crippen LogP contribution in [0.3, 0.4) is 0 Å². The second-order valence-electron chi connectivity index (χ2n) is 2.00. The van der Waals surface area contributed by atoms with Crippen LogP contribution >= 0.6 is 0 Å². The number of rotatable bonds is 2. The second kappa shape index (κ2) is 2.60. The molecule has 3 N–H and O–H groups in total. The van der Waals surface area contributed by atoms with Gasteiger partial charge in [-0.2, -0.15) is 0 Å². The molecular formula is C6H11N3O. The van der Waals surface area contributed by atoms with Gasteiger partial charge in [0.15, 0.2) is 0 Å². The van der Waals surface area contributed by atoms with Gasteiger partial charge in [-0.1, -0.05) is 0 Å². The van der Waals surface area contributed by atoms with Crippen molar-refractivity contribution in [3.63, 3.8) is 0 Å². The van der Waals surface area contributed by atoms with E-state index in [9.17, 15) is 0 Å². The summed E-state index contributed by atoms with van der Waals surface area (Å²) in [5.41, 5.74) is 7.02. The maximum absolute atomic E-state index is 5.57. The monoisotopic (exact) mass is 141 g/mol. The fourth-order valence-corrected chi connectivity index (χ4v) is 0.662. The zero-order valence-corrected chi connectivity index (χ0v) is 6.14. The van der Waals surface area contributed by atoms with Crippen LogP contribution in [0.4, 0.5) is 5.69 Å². The average molecular weight is 141 g/mol. The van der Waals surface area contributed by atoms with Gasteiger partial charge in [-0.25, -0.2) is 0 Å². The SMILES string of the molecule is CCOc1n[nH]c(C)c1N. The molecule has 56 valence electrons. The molecule has 0 spiro atoms. The Kier molecular flexibility index (Phi) is 1.80. The summed E-state index contributed by atoms with van der Waals surface area (Å²) in [4.78, 5) is 0. The van der Waals surface area contributed by atoms with Crippen LogP contribution in [0.25, 0.3) is 0 Å². The third-order valence-corrected chi connectivity index (χ3v) is 1.24. The van der Waals surface area contributed by atoms with E-state index in [0.717, 1.165) is 5.69 Å².